The average Bonchev–Trinajstić information content (AvgIpc) is 3.42. The first-order chi connectivity index (χ1) is 15.6. The van der Waals surface area contributed by atoms with E-state index in [0.717, 1.165) is 48.2 Å². The Labute approximate surface area is 202 Å². The molecule has 0 aliphatic carbocycles. The van der Waals surface area contributed by atoms with Crippen molar-refractivity contribution in [2.45, 2.75) is 13.5 Å². The monoisotopic (exact) mass is 558 g/mol. The van der Waals surface area contributed by atoms with E-state index in [1.54, 1.807) is 0 Å². The lowest BCUT2D eigenvalue weighted by Crippen LogP contribution is -2.11. The van der Waals surface area contributed by atoms with Crippen molar-refractivity contribution in [3.63, 3.8) is 0 Å². The van der Waals surface area contributed by atoms with Crippen LogP contribution < -0.4 is 18.9 Å². The zero-order valence-electron chi connectivity index (χ0n) is 17.3. The molecular weight excluding hydrogens is 540 g/mol. The molecule has 1 aromatic heterocycles. The van der Waals surface area contributed by atoms with Crippen LogP contribution in [0.3, 0.4) is 0 Å². The Bertz CT molecular complexity index is 1290. The van der Waals surface area contributed by atoms with Gasteiger partial charge in [-0.25, -0.2) is 4.68 Å². The van der Waals surface area contributed by atoms with E-state index >= 15 is 0 Å². The van der Waals surface area contributed by atoms with Gasteiger partial charge in [-0.2, -0.15) is 5.10 Å². The van der Waals surface area contributed by atoms with E-state index in [0.29, 0.717) is 25.6 Å². The van der Waals surface area contributed by atoms with Gasteiger partial charge < -0.3 is 18.9 Å². The van der Waals surface area contributed by atoms with Crippen LogP contribution in [0.4, 0.5) is 0 Å². The van der Waals surface area contributed by atoms with Crippen LogP contribution in [0.2, 0.25) is 0 Å². The van der Waals surface area contributed by atoms with Crippen molar-refractivity contribution < 1.29 is 18.9 Å². The summed E-state index contributed by atoms with van der Waals surface area (Å²) in [6.45, 7) is 3.75. The summed E-state index contributed by atoms with van der Waals surface area (Å²) in [7, 11) is 0. The van der Waals surface area contributed by atoms with E-state index in [1.807, 2.05) is 48.0 Å². The minimum atomic E-state index is 0.246. The number of fused-ring (bicyclic) bond motifs is 2. The van der Waals surface area contributed by atoms with E-state index in [9.17, 15) is 0 Å². The molecule has 5 rings (SSSR count). The highest BCUT2D eigenvalue weighted by atomic mass is 79.9. The SMILES string of the molecule is CCOc1cc(-c2ccc3c(c2)OCO3)nn1CCOc1ccc2cc(Br)ccc2c1Br. The molecule has 6 nitrogen and oxygen atoms in total. The van der Waals surface area contributed by atoms with Gasteiger partial charge in [0.2, 0.25) is 12.7 Å². The van der Waals surface area contributed by atoms with E-state index in [-0.39, 0.29) is 6.79 Å². The molecule has 1 aliphatic rings. The van der Waals surface area contributed by atoms with Crippen molar-refractivity contribution in [1.82, 2.24) is 9.78 Å². The maximum absolute atomic E-state index is 6.08. The van der Waals surface area contributed by atoms with Gasteiger partial charge in [-0.3, -0.25) is 0 Å². The second-order valence-corrected chi connectivity index (χ2v) is 8.89. The van der Waals surface area contributed by atoms with Gasteiger partial charge in [-0.1, -0.05) is 28.1 Å². The Hall–Kier alpha value is -2.71. The normalized spacial score (nSPS) is 12.3. The smallest absolute Gasteiger partial charge is 0.231 e. The highest BCUT2D eigenvalue weighted by Gasteiger charge is 2.17. The molecule has 0 saturated carbocycles. The molecule has 8 heteroatoms. The van der Waals surface area contributed by atoms with Gasteiger partial charge in [0, 0.05) is 16.1 Å². The van der Waals surface area contributed by atoms with Gasteiger partial charge in [0.1, 0.15) is 12.4 Å². The molecule has 164 valence electrons. The van der Waals surface area contributed by atoms with Crippen LogP contribution in [0.5, 0.6) is 23.1 Å². The zero-order chi connectivity index (χ0) is 22.1. The third-order valence-corrected chi connectivity index (χ3v) is 6.46. The standard InChI is InChI=1S/C24H20Br2N2O4/c1-2-29-23-13-19(16-4-7-20-22(12-16)32-14-31-20)27-28(23)9-10-30-21-8-3-15-11-17(25)5-6-18(15)24(21)26/h3-8,11-13H,2,9-10,14H2,1H3. The summed E-state index contributed by atoms with van der Waals surface area (Å²) in [5, 5.41) is 6.97. The van der Waals surface area contributed by atoms with Gasteiger partial charge in [-0.15, -0.1) is 0 Å². The molecule has 0 atom stereocenters. The minimum Gasteiger partial charge on any atom is -0.490 e. The van der Waals surface area contributed by atoms with Crippen LogP contribution in [0.15, 0.2) is 63.5 Å². The second kappa shape index (κ2) is 9.03. The fraction of sp³-hybridized carbons (Fsp3) is 0.208. The molecule has 0 fully saturated rings. The molecule has 0 unspecified atom stereocenters. The van der Waals surface area contributed by atoms with E-state index in [2.05, 4.69) is 50.1 Å². The van der Waals surface area contributed by atoms with Gasteiger partial charge in [-0.05, 0) is 70.0 Å². The second-order valence-electron chi connectivity index (χ2n) is 7.18. The van der Waals surface area contributed by atoms with Crippen LogP contribution in [-0.4, -0.2) is 29.8 Å². The van der Waals surface area contributed by atoms with Crippen molar-refractivity contribution >= 4 is 42.6 Å². The van der Waals surface area contributed by atoms with Crippen molar-refractivity contribution in [2.24, 2.45) is 0 Å². The van der Waals surface area contributed by atoms with Gasteiger partial charge in [0.05, 0.1) is 23.3 Å². The molecule has 0 bridgehead atoms. The first-order valence-corrected chi connectivity index (χ1v) is 11.8. The first-order valence-electron chi connectivity index (χ1n) is 10.2. The number of ether oxygens (including phenoxy) is 4. The molecule has 2 heterocycles. The highest BCUT2D eigenvalue weighted by Crippen LogP contribution is 2.37. The molecule has 0 N–H and O–H groups in total. The third-order valence-electron chi connectivity index (χ3n) is 5.14. The van der Waals surface area contributed by atoms with Crippen LogP contribution in [-0.2, 0) is 6.54 Å². The quantitative estimate of drug-likeness (QED) is 0.261. The summed E-state index contributed by atoms with van der Waals surface area (Å²) in [5.74, 6) is 2.97. The van der Waals surface area contributed by atoms with Crippen molar-refractivity contribution in [1.29, 1.82) is 0 Å². The molecular formula is C24H20Br2N2O4. The summed E-state index contributed by atoms with van der Waals surface area (Å²) in [6, 6.07) is 17.9. The molecule has 0 radical (unpaired) electrons. The predicted octanol–water partition coefficient (Wildman–Crippen LogP) is 6.43. The van der Waals surface area contributed by atoms with Crippen LogP contribution in [0.1, 0.15) is 6.92 Å². The lowest BCUT2D eigenvalue weighted by molar-refractivity contribution is 0.174. The van der Waals surface area contributed by atoms with Crippen molar-refractivity contribution in [3.8, 4) is 34.4 Å². The molecule has 4 aromatic rings. The molecule has 3 aromatic carbocycles. The highest BCUT2D eigenvalue weighted by molar-refractivity contribution is 9.11. The van der Waals surface area contributed by atoms with Gasteiger partial charge in [0.15, 0.2) is 11.5 Å². The third kappa shape index (κ3) is 4.17. The molecule has 0 spiro atoms. The summed E-state index contributed by atoms with van der Waals surface area (Å²) >= 11 is 7.20. The lowest BCUT2D eigenvalue weighted by atomic mass is 10.1. The average molecular weight is 560 g/mol. The Morgan fingerprint density at radius 2 is 1.84 bits per heavy atom. The number of benzene rings is 3. The maximum atomic E-state index is 6.08. The number of nitrogens with zero attached hydrogens (tertiary/aromatic N) is 2. The summed E-state index contributed by atoms with van der Waals surface area (Å²) in [6.07, 6.45) is 0. The summed E-state index contributed by atoms with van der Waals surface area (Å²) in [5.41, 5.74) is 1.75. The Morgan fingerprint density at radius 1 is 0.969 bits per heavy atom. The van der Waals surface area contributed by atoms with Crippen LogP contribution >= 0.6 is 31.9 Å². The number of hydrogen-bond acceptors (Lipinski definition) is 5. The van der Waals surface area contributed by atoms with Crippen LogP contribution in [0, 0.1) is 0 Å². The topological polar surface area (TPSA) is 54.7 Å². The van der Waals surface area contributed by atoms with Crippen LogP contribution in [0.25, 0.3) is 22.0 Å². The molecule has 0 saturated heterocycles. The Kier molecular flexibility index (Phi) is 5.97. The van der Waals surface area contributed by atoms with Gasteiger partial charge >= 0.3 is 0 Å². The van der Waals surface area contributed by atoms with E-state index in [1.165, 1.54) is 0 Å². The zero-order valence-corrected chi connectivity index (χ0v) is 20.5. The predicted molar refractivity (Wildman–Crippen MR) is 130 cm³/mol. The molecule has 0 amide bonds. The van der Waals surface area contributed by atoms with E-state index in [4.69, 9.17) is 24.0 Å². The number of halogens is 2. The lowest BCUT2D eigenvalue weighted by Gasteiger charge is -2.12. The van der Waals surface area contributed by atoms with Crippen molar-refractivity contribution in [3.05, 3.63) is 63.5 Å². The van der Waals surface area contributed by atoms with Gasteiger partial charge in [0.25, 0.3) is 0 Å². The number of aromatic nitrogens is 2. The number of rotatable bonds is 7. The van der Waals surface area contributed by atoms with Crippen molar-refractivity contribution in [2.75, 3.05) is 20.0 Å². The minimum absolute atomic E-state index is 0.246. The summed E-state index contributed by atoms with van der Waals surface area (Å²) < 4.78 is 26.6. The number of hydrogen-bond donors (Lipinski definition) is 0. The summed E-state index contributed by atoms with van der Waals surface area (Å²) in [4.78, 5) is 0. The fourth-order valence-electron chi connectivity index (χ4n) is 3.62. The molecule has 32 heavy (non-hydrogen) atoms. The van der Waals surface area contributed by atoms with E-state index < -0.39 is 0 Å². The maximum Gasteiger partial charge on any atom is 0.231 e. The fourth-order valence-corrected chi connectivity index (χ4v) is 4.60. The largest absolute Gasteiger partial charge is 0.490 e. The Balaban J connectivity index is 1.33. The Morgan fingerprint density at radius 3 is 2.72 bits per heavy atom. The molecule has 1 aliphatic heterocycles. The first kappa shape index (κ1) is 21.2.